The number of carbonyl (C=O) groups is 2. The lowest BCUT2D eigenvalue weighted by Crippen LogP contribution is -2.34. The van der Waals surface area contributed by atoms with E-state index in [2.05, 4.69) is 0 Å². The molecule has 0 aliphatic carbocycles. The van der Waals surface area contributed by atoms with E-state index >= 15 is 0 Å². The second-order valence-electron chi connectivity index (χ2n) is 7.58. The van der Waals surface area contributed by atoms with Crippen LogP contribution in [0.15, 0.2) is 52.1 Å². The van der Waals surface area contributed by atoms with Gasteiger partial charge in [0.25, 0.3) is 5.91 Å². The number of hydrogen-bond acceptors (Lipinski definition) is 6. The van der Waals surface area contributed by atoms with Crippen LogP contribution in [0.3, 0.4) is 0 Å². The van der Waals surface area contributed by atoms with Gasteiger partial charge in [-0.25, -0.2) is 0 Å². The zero-order valence-electron chi connectivity index (χ0n) is 17.3. The summed E-state index contributed by atoms with van der Waals surface area (Å²) in [7, 11) is 1.40. The van der Waals surface area contributed by atoms with Gasteiger partial charge in [0, 0.05) is 18.0 Å². The van der Waals surface area contributed by atoms with Crippen molar-refractivity contribution in [3.63, 3.8) is 0 Å². The first-order chi connectivity index (χ1) is 14.5. The number of Topliss-reactive ketones (excluding diaryl/α,β-unsaturated/α-hetero) is 1. The molecule has 7 nitrogen and oxygen atoms in total. The van der Waals surface area contributed by atoms with Crippen LogP contribution in [-0.2, 0) is 25.4 Å². The van der Waals surface area contributed by atoms with Crippen molar-refractivity contribution in [2.45, 2.75) is 32.6 Å². The van der Waals surface area contributed by atoms with Crippen LogP contribution in [0.4, 0.5) is 0 Å². The van der Waals surface area contributed by atoms with E-state index in [1.54, 1.807) is 17.0 Å². The molecule has 1 aromatic carbocycles. The number of nitrogens with zero attached hydrogens (tertiary/aromatic N) is 1. The molecule has 0 radical (unpaired) electrons. The van der Waals surface area contributed by atoms with E-state index in [4.69, 9.17) is 18.6 Å². The first-order valence-corrected chi connectivity index (χ1v) is 10.0. The monoisotopic (exact) mass is 411 g/mol. The van der Waals surface area contributed by atoms with Gasteiger partial charge in [0.2, 0.25) is 5.78 Å². The first kappa shape index (κ1) is 20.4. The van der Waals surface area contributed by atoms with Crippen molar-refractivity contribution in [3.05, 3.63) is 70.4 Å². The molecule has 1 fully saturated rings. The highest BCUT2D eigenvalue weighted by molar-refractivity contribution is 6.14. The normalized spacial score (nSPS) is 17.5. The standard InChI is InChI=1S/C23H25NO6/c1-14(2)24-13-18(21(27-3)22(24)26)20(25)19-9-8-16(30-19)12-15-6-4-5-7-17(15)23-28-10-11-29-23/h4-9,14,23H,10-13H2,1-3H3. The van der Waals surface area contributed by atoms with Gasteiger partial charge in [0.1, 0.15) is 5.76 Å². The molecule has 2 aliphatic heterocycles. The zero-order valence-corrected chi connectivity index (χ0v) is 17.3. The van der Waals surface area contributed by atoms with E-state index in [0.29, 0.717) is 31.0 Å². The van der Waals surface area contributed by atoms with Crippen LogP contribution in [0.25, 0.3) is 0 Å². The van der Waals surface area contributed by atoms with Crippen molar-refractivity contribution in [2.24, 2.45) is 0 Å². The summed E-state index contributed by atoms with van der Waals surface area (Å²) in [6.07, 6.45) is 0.123. The molecule has 0 saturated carbocycles. The van der Waals surface area contributed by atoms with Crippen molar-refractivity contribution in [1.29, 1.82) is 0 Å². The van der Waals surface area contributed by atoms with Gasteiger partial charge in [-0.15, -0.1) is 0 Å². The molecule has 0 bridgehead atoms. The highest BCUT2D eigenvalue weighted by Gasteiger charge is 2.37. The Morgan fingerprint density at radius 3 is 2.60 bits per heavy atom. The summed E-state index contributed by atoms with van der Waals surface area (Å²) >= 11 is 0. The van der Waals surface area contributed by atoms with E-state index in [1.165, 1.54) is 7.11 Å². The predicted molar refractivity (Wildman–Crippen MR) is 108 cm³/mol. The van der Waals surface area contributed by atoms with Crippen molar-refractivity contribution >= 4 is 11.7 Å². The summed E-state index contributed by atoms with van der Waals surface area (Å²) in [5.41, 5.74) is 2.29. The van der Waals surface area contributed by atoms with Crippen LogP contribution >= 0.6 is 0 Å². The molecule has 0 atom stereocenters. The van der Waals surface area contributed by atoms with E-state index < -0.39 is 0 Å². The second-order valence-corrected chi connectivity index (χ2v) is 7.58. The average molecular weight is 411 g/mol. The van der Waals surface area contributed by atoms with E-state index in [1.807, 2.05) is 38.1 Å². The van der Waals surface area contributed by atoms with E-state index in [0.717, 1.165) is 11.1 Å². The van der Waals surface area contributed by atoms with Crippen LogP contribution in [0.1, 0.15) is 47.6 Å². The lowest BCUT2D eigenvalue weighted by Gasteiger charge is -2.20. The molecule has 2 aromatic rings. The SMILES string of the molecule is COC1=C(C(=O)c2ccc(Cc3ccccc3C3OCCO3)o2)CN(C(C)C)C1=O. The molecular formula is C23H25NO6. The molecule has 30 heavy (non-hydrogen) atoms. The Morgan fingerprint density at radius 1 is 1.17 bits per heavy atom. The molecule has 1 amide bonds. The fourth-order valence-electron chi connectivity index (χ4n) is 3.77. The Labute approximate surface area is 175 Å². The molecule has 0 unspecified atom stereocenters. The van der Waals surface area contributed by atoms with Crippen LogP contribution in [-0.4, -0.2) is 49.5 Å². The largest absolute Gasteiger partial charge is 0.491 e. The Morgan fingerprint density at radius 2 is 1.90 bits per heavy atom. The Balaban J connectivity index is 1.55. The highest BCUT2D eigenvalue weighted by Crippen LogP contribution is 2.29. The molecule has 158 valence electrons. The summed E-state index contributed by atoms with van der Waals surface area (Å²) in [6.45, 7) is 5.16. The first-order valence-electron chi connectivity index (χ1n) is 10.0. The molecule has 1 saturated heterocycles. The van der Waals surface area contributed by atoms with Gasteiger partial charge in [-0.05, 0) is 31.5 Å². The lowest BCUT2D eigenvalue weighted by atomic mass is 10.0. The number of rotatable bonds is 7. The molecule has 0 spiro atoms. The predicted octanol–water partition coefficient (Wildman–Crippen LogP) is 3.25. The number of furan rings is 1. The van der Waals surface area contributed by atoms with Gasteiger partial charge in [-0.1, -0.05) is 24.3 Å². The number of benzene rings is 1. The number of methoxy groups -OCH3 is 1. The molecule has 2 aliphatic rings. The quantitative estimate of drug-likeness (QED) is 0.651. The number of ether oxygens (including phenoxy) is 3. The maximum absolute atomic E-state index is 13.0. The maximum atomic E-state index is 13.0. The third-order valence-corrected chi connectivity index (χ3v) is 5.34. The van der Waals surface area contributed by atoms with Crippen LogP contribution in [0.5, 0.6) is 0 Å². The summed E-state index contributed by atoms with van der Waals surface area (Å²) in [4.78, 5) is 27.1. The third kappa shape index (κ3) is 3.78. The van der Waals surface area contributed by atoms with Crippen LogP contribution in [0, 0.1) is 0 Å². The summed E-state index contributed by atoms with van der Waals surface area (Å²) < 4.78 is 22.3. The van der Waals surface area contributed by atoms with E-state index in [9.17, 15) is 9.59 Å². The molecule has 3 heterocycles. The number of hydrogen-bond donors (Lipinski definition) is 0. The average Bonchev–Trinajstić information content (AvgIpc) is 3.48. The summed E-state index contributed by atoms with van der Waals surface area (Å²) in [5.74, 6) is 0.332. The topological polar surface area (TPSA) is 78.2 Å². The Bertz CT molecular complexity index is 983. The molecule has 0 N–H and O–H groups in total. The number of ketones is 1. The fraction of sp³-hybridized carbons (Fsp3) is 0.391. The van der Waals surface area contributed by atoms with Crippen molar-refractivity contribution in [1.82, 2.24) is 4.90 Å². The van der Waals surface area contributed by atoms with Crippen molar-refractivity contribution in [3.8, 4) is 0 Å². The lowest BCUT2D eigenvalue weighted by molar-refractivity contribution is -0.129. The number of carbonyl (C=O) groups excluding carboxylic acids is 2. The number of amides is 1. The highest BCUT2D eigenvalue weighted by atomic mass is 16.7. The van der Waals surface area contributed by atoms with Gasteiger partial charge in [-0.2, -0.15) is 0 Å². The molecular weight excluding hydrogens is 386 g/mol. The van der Waals surface area contributed by atoms with Gasteiger partial charge >= 0.3 is 0 Å². The second kappa shape index (κ2) is 8.45. The smallest absolute Gasteiger partial charge is 0.289 e. The van der Waals surface area contributed by atoms with Gasteiger partial charge < -0.3 is 23.5 Å². The fourth-order valence-corrected chi connectivity index (χ4v) is 3.77. The third-order valence-electron chi connectivity index (χ3n) is 5.34. The van der Waals surface area contributed by atoms with E-state index in [-0.39, 0.29) is 42.1 Å². The Kier molecular flexibility index (Phi) is 5.74. The Hall–Kier alpha value is -2.90. The summed E-state index contributed by atoms with van der Waals surface area (Å²) in [6, 6.07) is 11.3. The molecule has 1 aromatic heterocycles. The van der Waals surface area contributed by atoms with Gasteiger partial charge in [0.15, 0.2) is 17.8 Å². The minimum Gasteiger partial charge on any atom is -0.491 e. The van der Waals surface area contributed by atoms with Gasteiger partial charge in [0.05, 0.1) is 32.4 Å². The van der Waals surface area contributed by atoms with Crippen molar-refractivity contribution in [2.75, 3.05) is 26.9 Å². The maximum Gasteiger partial charge on any atom is 0.289 e. The van der Waals surface area contributed by atoms with Gasteiger partial charge in [-0.3, -0.25) is 9.59 Å². The minimum atomic E-state index is -0.377. The summed E-state index contributed by atoms with van der Waals surface area (Å²) in [5, 5.41) is 0. The van der Waals surface area contributed by atoms with Crippen molar-refractivity contribution < 1.29 is 28.2 Å². The van der Waals surface area contributed by atoms with Crippen LogP contribution in [0.2, 0.25) is 0 Å². The molecule has 4 rings (SSSR count). The minimum absolute atomic E-state index is 0.0309. The molecule has 7 heteroatoms. The zero-order chi connectivity index (χ0) is 21.3. The van der Waals surface area contributed by atoms with Crippen LogP contribution < -0.4 is 0 Å².